The van der Waals surface area contributed by atoms with Crippen LogP contribution in [0.2, 0.25) is 0 Å². The minimum absolute atomic E-state index is 0.0389. The van der Waals surface area contributed by atoms with Crippen molar-refractivity contribution in [1.29, 1.82) is 0 Å². The van der Waals surface area contributed by atoms with E-state index in [-0.39, 0.29) is 28.3 Å². The Morgan fingerprint density at radius 2 is 2.07 bits per heavy atom. The van der Waals surface area contributed by atoms with Gasteiger partial charge in [0, 0.05) is 0 Å². The number of H-pyrrole nitrogens is 2. The van der Waals surface area contributed by atoms with Crippen molar-refractivity contribution in [1.82, 2.24) is 44.5 Å². The van der Waals surface area contributed by atoms with Crippen molar-refractivity contribution in [3.8, 4) is 0 Å². The number of hydrogen-bond donors (Lipinski definition) is 6. The lowest BCUT2D eigenvalue weighted by molar-refractivity contribution is -0.0525. The molecule has 6 rings (SSSR count). The smallest absolute Gasteiger partial charge is 0.280 e. The standard InChI is InChI=1S/C21H25F2N10O8PS/c1-7(10-11(22)8(2-34)41-19(10)32-6-27-12-16(32)28-20(24)29-18(12)37)42(38,43)40-3-9-14(35)21(23,4-39-9)33-15-13(30-31-33)17(36)26-5-25-15/h5-11,14,19,34-35H,2-4H2,1H3,(H,38,43)(H,25,26,36)(H3,24,28,29,37)/t7-,8+,9+,10+,11+,14+,19+,21-,42?/m0/s1. The molecule has 232 valence electrons. The number of alkyl halides is 2. The lowest BCUT2D eigenvalue weighted by Crippen LogP contribution is -2.44. The summed E-state index contributed by atoms with van der Waals surface area (Å²) in [6.45, 7) is -4.84. The molecule has 2 aliphatic heterocycles. The average molecular weight is 647 g/mol. The quantitative estimate of drug-likeness (QED) is 0.0991. The van der Waals surface area contributed by atoms with Gasteiger partial charge in [-0.25, -0.2) is 18.7 Å². The maximum atomic E-state index is 16.0. The molecule has 4 aromatic rings. The molecule has 0 radical (unpaired) electrons. The maximum Gasteiger partial charge on any atom is 0.280 e. The number of nitrogens with two attached hydrogens (primary N) is 1. The number of fused-ring (bicyclic) bond motifs is 2. The van der Waals surface area contributed by atoms with E-state index in [0.29, 0.717) is 4.68 Å². The molecular weight excluding hydrogens is 621 g/mol. The Kier molecular flexibility index (Phi) is 7.39. The summed E-state index contributed by atoms with van der Waals surface area (Å²) >= 11 is 4.19. The van der Waals surface area contributed by atoms with Gasteiger partial charge in [-0.3, -0.25) is 23.7 Å². The van der Waals surface area contributed by atoms with Gasteiger partial charge in [-0.2, -0.15) is 9.67 Å². The van der Waals surface area contributed by atoms with Crippen LogP contribution in [0.4, 0.5) is 14.7 Å². The lowest BCUT2D eigenvalue weighted by Gasteiger charge is -2.30. The summed E-state index contributed by atoms with van der Waals surface area (Å²) in [6, 6.07) is 0. The molecule has 2 fully saturated rings. The molecular formula is C21H25F2N10O8PS. The number of halogens is 2. The second-order valence-electron chi connectivity index (χ2n) is 10.2. The topological polar surface area (TPSA) is 251 Å². The molecule has 0 saturated carbocycles. The highest BCUT2D eigenvalue weighted by Gasteiger charge is 2.56. The first-order chi connectivity index (χ1) is 20.4. The first-order valence-corrected chi connectivity index (χ1v) is 15.6. The van der Waals surface area contributed by atoms with Gasteiger partial charge in [0.25, 0.3) is 23.5 Å². The summed E-state index contributed by atoms with van der Waals surface area (Å²) in [7, 11) is 0. The zero-order chi connectivity index (χ0) is 30.8. The van der Waals surface area contributed by atoms with Crippen LogP contribution in [0.15, 0.2) is 22.2 Å². The molecule has 9 atom stereocenters. The molecule has 4 aromatic heterocycles. The minimum atomic E-state index is -4.11. The summed E-state index contributed by atoms with van der Waals surface area (Å²) in [4.78, 5) is 40.7. The number of anilines is 1. The Bertz CT molecular complexity index is 1850. The third-order valence-electron chi connectivity index (χ3n) is 7.67. The van der Waals surface area contributed by atoms with Gasteiger partial charge in [0.05, 0.1) is 37.4 Å². The molecule has 0 aliphatic carbocycles. The van der Waals surface area contributed by atoms with E-state index in [9.17, 15) is 24.4 Å². The predicted octanol–water partition coefficient (Wildman–Crippen LogP) is -1.02. The van der Waals surface area contributed by atoms with Crippen LogP contribution in [-0.2, 0) is 24.4 Å². The second-order valence-corrected chi connectivity index (χ2v) is 14.0. The third kappa shape index (κ3) is 4.75. The van der Waals surface area contributed by atoms with Crippen LogP contribution in [0.3, 0.4) is 0 Å². The zero-order valence-electron chi connectivity index (χ0n) is 22.0. The van der Waals surface area contributed by atoms with Gasteiger partial charge < -0.3 is 34.9 Å². The Balaban J connectivity index is 1.23. The molecule has 6 heterocycles. The van der Waals surface area contributed by atoms with E-state index < -0.39 is 85.6 Å². The fraction of sp³-hybridized carbons (Fsp3) is 0.571. The van der Waals surface area contributed by atoms with Crippen molar-refractivity contribution in [2.45, 2.75) is 49.1 Å². The number of thiol groups is 1. The number of aromatic nitrogens is 9. The molecule has 43 heavy (non-hydrogen) atoms. The molecule has 0 amide bonds. The average Bonchev–Trinajstić information content (AvgIpc) is 3.72. The van der Waals surface area contributed by atoms with Gasteiger partial charge in [0.1, 0.15) is 37.3 Å². The minimum Gasteiger partial charge on any atom is -0.394 e. The number of ether oxygens (including phenoxy) is 2. The van der Waals surface area contributed by atoms with Crippen LogP contribution in [0.1, 0.15) is 13.2 Å². The Morgan fingerprint density at radius 3 is 2.81 bits per heavy atom. The van der Waals surface area contributed by atoms with E-state index in [4.69, 9.17) is 19.7 Å². The summed E-state index contributed by atoms with van der Waals surface area (Å²) in [6.07, 6.45) is -5.63. The van der Waals surface area contributed by atoms with Crippen molar-refractivity contribution >= 4 is 47.1 Å². The van der Waals surface area contributed by atoms with Crippen LogP contribution in [0.25, 0.3) is 22.3 Å². The van der Waals surface area contributed by atoms with Gasteiger partial charge in [0.2, 0.25) is 5.95 Å². The number of aromatic amines is 2. The number of imidazole rings is 1. The number of rotatable bonds is 8. The number of nitrogens with one attached hydrogen (secondary N) is 2. The van der Waals surface area contributed by atoms with E-state index in [1.165, 1.54) is 17.8 Å². The highest BCUT2D eigenvalue weighted by atomic mass is 32.7. The van der Waals surface area contributed by atoms with Gasteiger partial charge >= 0.3 is 0 Å². The highest BCUT2D eigenvalue weighted by Crippen LogP contribution is 2.62. The normalized spacial score (nSPS) is 31.6. The molecule has 1 unspecified atom stereocenters. The van der Waals surface area contributed by atoms with Crippen LogP contribution in [0.5, 0.6) is 0 Å². The largest absolute Gasteiger partial charge is 0.394 e. The van der Waals surface area contributed by atoms with Crippen molar-refractivity contribution in [2.24, 2.45) is 5.92 Å². The molecule has 18 nitrogen and oxygen atoms in total. The van der Waals surface area contributed by atoms with Crippen LogP contribution in [-0.4, -0.2) is 105 Å². The molecule has 0 aromatic carbocycles. The monoisotopic (exact) mass is 646 g/mol. The van der Waals surface area contributed by atoms with E-state index in [0.717, 1.165) is 6.33 Å². The molecule has 2 saturated heterocycles. The predicted molar refractivity (Wildman–Crippen MR) is 145 cm³/mol. The second kappa shape index (κ2) is 10.7. The number of aliphatic hydroxyl groups excluding tert-OH is 2. The van der Waals surface area contributed by atoms with Crippen LogP contribution in [0, 0.1) is 5.92 Å². The van der Waals surface area contributed by atoms with Crippen LogP contribution >= 0.6 is 18.8 Å². The van der Waals surface area contributed by atoms with E-state index in [1.807, 2.05) is 0 Å². The van der Waals surface area contributed by atoms with E-state index in [1.54, 1.807) is 0 Å². The molecule has 0 spiro atoms. The molecule has 6 N–H and O–H groups in total. The Morgan fingerprint density at radius 1 is 1.30 bits per heavy atom. The van der Waals surface area contributed by atoms with Gasteiger partial charge in [-0.05, 0) is 0 Å². The van der Waals surface area contributed by atoms with Crippen molar-refractivity contribution in [2.75, 3.05) is 25.6 Å². The SMILES string of the molecule is C[C@@H]([C@@H]1[C@H](F)[C@@H](CO)O[C@H]1n1cnc2c(=O)[nH]c(N)nc21)P(=O)(S)OC[C@H]1OC[C@](F)(n2nnc3c(=O)[nH]cnc32)[C@@H]1O. The number of nitrogen functional groups attached to an aromatic ring is 1. The van der Waals surface area contributed by atoms with Crippen molar-refractivity contribution < 1.29 is 37.6 Å². The zero-order valence-corrected chi connectivity index (χ0v) is 23.8. The fourth-order valence-corrected chi connectivity index (χ4v) is 7.32. The number of aliphatic hydroxyl groups is 2. The molecule has 2 aliphatic rings. The van der Waals surface area contributed by atoms with E-state index in [2.05, 4.69) is 47.5 Å². The molecule has 22 heteroatoms. The first kappa shape index (κ1) is 29.7. The summed E-state index contributed by atoms with van der Waals surface area (Å²) in [5, 5.41) is 27.8. The van der Waals surface area contributed by atoms with Gasteiger partial charge in [0.15, 0.2) is 22.3 Å². The highest BCUT2D eigenvalue weighted by molar-refractivity contribution is 8.46. The van der Waals surface area contributed by atoms with Crippen LogP contribution < -0.4 is 16.9 Å². The summed E-state index contributed by atoms with van der Waals surface area (Å²) in [5.41, 5.74) is 2.48. The van der Waals surface area contributed by atoms with Crippen molar-refractivity contribution in [3.63, 3.8) is 0 Å². The molecule has 0 bridgehead atoms. The first-order valence-electron chi connectivity index (χ1n) is 12.7. The summed E-state index contributed by atoms with van der Waals surface area (Å²) < 4.78 is 63.9. The van der Waals surface area contributed by atoms with Crippen molar-refractivity contribution in [3.05, 3.63) is 33.4 Å². The Labute approximate surface area is 243 Å². The summed E-state index contributed by atoms with van der Waals surface area (Å²) in [5.74, 6) is -4.23. The third-order valence-corrected chi connectivity index (χ3v) is 11.0. The van der Waals surface area contributed by atoms with Gasteiger partial charge in [-0.1, -0.05) is 24.4 Å². The number of hydrogen-bond acceptors (Lipinski definition) is 14. The lowest BCUT2D eigenvalue weighted by atomic mass is 9.97. The van der Waals surface area contributed by atoms with Gasteiger partial charge in [-0.15, -0.1) is 5.10 Å². The maximum absolute atomic E-state index is 16.0. The van der Waals surface area contributed by atoms with E-state index >= 15 is 8.78 Å². The number of nitrogens with zero attached hydrogens (tertiary/aromatic N) is 7. The fourth-order valence-electron chi connectivity index (χ4n) is 5.32. The Hall–Kier alpha value is -3.33.